The zero-order valence-electron chi connectivity index (χ0n) is 14.0. The molecule has 0 radical (unpaired) electrons. The molecule has 1 aromatic heterocycles. The van der Waals surface area contributed by atoms with E-state index in [2.05, 4.69) is 18.9 Å². The molecule has 6 nitrogen and oxygen atoms in total. The van der Waals surface area contributed by atoms with E-state index in [1.54, 1.807) is 17.0 Å². The van der Waals surface area contributed by atoms with Crippen LogP contribution < -0.4 is 11.3 Å². The van der Waals surface area contributed by atoms with Gasteiger partial charge in [-0.2, -0.15) is 9.78 Å². The molecule has 24 heavy (non-hydrogen) atoms. The van der Waals surface area contributed by atoms with Crippen LogP contribution in [0, 0.1) is 5.41 Å². The van der Waals surface area contributed by atoms with E-state index in [-0.39, 0.29) is 28.6 Å². The number of aromatic nitrogens is 2. The number of likely N-dealkylation sites (tertiary alicyclic amines) is 1. The van der Waals surface area contributed by atoms with Crippen molar-refractivity contribution in [2.45, 2.75) is 26.3 Å². The summed E-state index contributed by atoms with van der Waals surface area (Å²) in [6.45, 7) is 5.32. The molecule has 2 N–H and O–H groups in total. The Morgan fingerprint density at radius 3 is 2.58 bits per heavy atom. The van der Waals surface area contributed by atoms with Crippen molar-refractivity contribution in [3.05, 3.63) is 58.5 Å². The van der Waals surface area contributed by atoms with Gasteiger partial charge in [0, 0.05) is 25.2 Å². The fourth-order valence-corrected chi connectivity index (χ4v) is 2.99. The molecule has 2 aromatic rings. The van der Waals surface area contributed by atoms with Crippen molar-refractivity contribution < 1.29 is 4.79 Å². The van der Waals surface area contributed by atoms with E-state index in [1.165, 1.54) is 16.8 Å². The zero-order valence-corrected chi connectivity index (χ0v) is 14.0. The van der Waals surface area contributed by atoms with Gasteiger partial charge in [0.2, 0.25) is 0 Å². The molecule has 1 unspecified atom stereocenters. The summed E-state index contributed by atoms with van der Waals surface area (Å²) in [5.74, 6) is -0.167. The number of rotatable bonds is 2. The van der Waals surface area contributed by atoms with Crippen molar-refractivity contribution in [2.24, 2.45) is 11.1 Å². The zero-order chi connectivity index (χ0) is 17.3. The topological polar surface area (TPSA) is 81.2 Å². The van der Waals surface area contributed by atoms with Crippen LogP contribution in [0.25, 0.3) is 5.69 Å². The fourth-order valence-electron chi connectivity index (χ4n) is 2.99. The molecule has 1 fully saturated rings. The Balaban J connectivity index is 1.90. The maximum Gasteiger partial charge on any atom is 0.274 e. The lowest BCUT2D eigenvalue weighted by atomic mass is 9.79. The molecule has 1 aliphatic rings. The first-order valence-electron chi connectivity index (χ1n) is 8.09. The number of benzene rings is 1. The molecule has 1 saturated heterocycles. The third-order valence-corrected chi connectivity index (χ3v) is 4.62. The quantitative estimate of drug-likeness (QED) is 0.905. The van der Waals surface area contributed by atoms with Crippen LogP contribution in [0.2, 0.25) is 0 Å². The Morgan fingerprint density at radius 2 is 1.92 bits per heavy atom. The van der Waals surface area contributed by atoms with Crippen molar-refractivity contribution in [3.63, 3.8) is 0 Å². The number of para-hydroxylation sites is 1. The Hall–Kier alpha value is -2.47. The van der Waals surface area contributed by atoms with Crippen LogP contribution in [-0.2, 0) is 0 Å². The van der Waals surface area contributed by atoms with Crippen molar-refractivity contribution in [3.8, 4) is 5.69 Å². The number of carbonyl (C=O) groups excluding carboxylic acids is 1. The van der Waals surface area contributed by atoms with Crippen molar-refractivity contribution >= 4 is 5.91 Å². The maximum atomic E-state index is 12.8. The van der Waals surface area contributed by atoms with E-state index in [0.29, 0.717) is 18.8 Å². The SMILES string of the molecule is CC1(C)CN(C(=O)c2ccc(=O)n(-c3ccccc3)n2)CCC1N. The molecule has 0 bridgehead atoms. The summed E-state index contributed by atoms with van der Waals surface area (Å²) in [5.41, 5.74) is 6.64. The molecule has 3 rings (SSSR count). The number of nitrogens with zero attached hydrogens (tertiary/aromatic N) is 3. The van der Waals surface area contributed by atoms with Gasteiger partial charge in [-0.05, 0) is 30.0 Å². The summed E-state index contributed by atoms with van der Waals surface area (Å²) in [6, 6.07) is 12.0. The summed E-state index contributed by atoms with van der Waals surface area (Å²) < 4.78 is 1.26. The number of hydrogen-bond acceptors (Lipinski definition) is 4. The first-order valence-corrected chi connectivity index (χ1v) is 8.09. The molecule has 1 atom stereocenters. The van der Waals surface area contributed by atoms with E-state index in [0.717, 1.165) is 6.42 Å². The van der Waals surface area contributed by atoms with Gasteiger partial charge in [-0.3, -0.25) is 9.59 Å². The Labute approximate surface area is 140 Å². The lowest BCUT2D eigenvalue weighted by Gasteiger charge is -2.42. The second-order valence-corrected chi connectivity index (χ2v) is 6.91. The number of hydrogen-bond donors (Lipinski definition) is 1. The van der Waals surface area contributed by atoms with Crippen molar-refractivity contribution in [1.29, 1.82) is 0 Å². The summed E-state index contributed by atoms with van der Waals surface area (Å²) in [5, 5.41) is 4.27. The summed E-state index contributed by atoms with van der Waals surface area (Å²) >= 11 is 0. The highest BCUT2D eigenvalue weighted by molar-refractivity contribution is 5.92. The molecule has 0 aliphatic carbocycles. The molecule has 1 amide bonds. The van der Waals surface area contributed by atoms with E-state index in [9.17, 15) is 9.59 Å². The van der Waals surface area contributed by atoms with Crippen LogP contribution in [0.15, 0.2) is 47.3 Å². The average molecular weight is 326 g/mol. The Kier molecular flexibility index (Phi) is 4.24. The number of amides is 1. The normalized spacial score (nSPS) is 20.0. The molecule has 1 aromatic carbocycles. The third kappa shape index (κ3) is 3.10. The van der Waals surface area contributed by atoms with Crippen molar-refractivity contribution in [2.75, 3.05) is 13.1 Å². The standard InChI is InChI=1S/C18H22N4O2/c1-18(2)12-21(11-10-15(18)19)17(24)14-8-9-16(23)22(20-14)13-6-4-3-5-7-13/h3-9,15H,10-12,19H2,1-2H3. The van der Waals surface area contributed by atoms with Gasteiger partial charge in [-0.25, -0.2) is 0 Å². The first-order chi connectivity index (χ1) is 11.4. The minimum atomic E-state index is -0.265. The van der Waals surface area contributed by atoms with E-state index < -0.39 is 0 Å². The molecule has 2 heterocycles. The Morgan fingerprint density at radius 1 is 1.21 bits per heavy atom. The molecular weight excluding hydrogens is 304 g/mol. The van der Waals surface area contributed by atoms with Gasteiger partial charge in [0.1, 0.15) is 5.69 Å². The number of nitrogens with two attached hydrogens (primary N) is 1. The van der Waals surface area contributed by atoms with Gasteiger partial charge in [-0.15, -0.1) is 0 Å². The van der Waals surface area contributed by atoms with E-state index in [1.807, 2.05) is 18.2 Å². The van der Waals surface area contributed by atoms with Gasteiger partial charge in [-0.1, -0.05) is 32.0 Å². The second kappa shape index (κ2) is 6.20. The number of piperidine rings is 1. The van der Waals surface area contributed by atoms with Crippen LogP contribution in [0.3, 0.4) is 0 Å². The first kappa shape index (κ1) is 16.4. The summed E-state index contributed by atoms with van der Waals surface area (Å²) in [7, 11) is 0. The second-order valence-electron chi connectivity index (χ2n) is 6.91. The molecule has 126 valence electrons. The predicted molar refractivity (Wildman–Crippen MR) is 92.1 cm³/mol. The largest absolute Gasteiger partial charge is 0.337 e. The van der Waals surface area contributed by atoms with Crippen LogP contribution in [0.4, 0.5) is 0 Å². The van der Waals surface area contributed by atoms with E-state index >= 15 is 0 Å². The average Bonchev–Trinajstić information content (AvgIpc) is 2.58. The lowest BCUT2D eigenvalue weighted by Crippen LogP contribution is -2.54. The van der Waals surface area contributed by atoms with E-state index in [4.69, 9.17) is 5.73 Å². The van der Waals surface area contributed by atoms with Gasteiger partial charge >= 0.3 is 0 Å². The van der Waals surface area contributed by atoms with Gasteiger partial charge in [0.15, 0.2) is 0 Å². The van der Waals surface area contributed by atoms with Crippen LogP contribution in [0.5, 0.6) is 0 Å². The lowest BCUT2D eigenvalue weighted by molar-refractivity contribution is 0.0525. The summed E-state index contributed by atoms with van der Waals surface area (Å²) in [4.78, 5) is 26.6. The molecular formula is C18H22N4O2. The minimum Gasteiger partial charge on any atom is -0.337 e. The highest BCUT2D eigenvalue weighted by Gasteiger charge is 2.36. The minimum absolute atomic E-state index is 0.0766. The van der Waals surface area contributed by atoms with Crippen molar-refractivity contribution in [1.82, 2.24) is 14.7 Å². The smallest absolute Gasteiger partial charge is 0.274 e. The predicted octanol–water partition coefficient (Wildman–Crippen LogP) is 1.43. The maximum absolute atomic E-state index is 12.8. The molecule has 0 spiro atoms. The van der Waals surface area contributed by atoms with Crippen LogP contribution in [-0.4, -0.2) is 39.7 Å². The Bertz CT molecular complexity index is 798. The highest BCUT2D eigenvalue weighted by Crippen LogP contribution is 2.28. The van der Waals surface area contributed by atoms with Gasteiger partial charge < -0.3 is 10.6 Å². The molecule has 1 aliphatic heterocycles. The van der Waals surface area contributed by atoms with Crippen LogP contribution in [0.1, 0.15) is 30.8 Å². The third-order valence-electron chi connectivity index (χ3n) is 4.62. The fraction of sp³-hybridized carbons (Fsp3) is 0.389. The van der Waals surface area contributed by atoms with Crippen LogP contribution >= 0.6 is 0 Å². The summed E-state index contributed by atoms with van der Waals surface area (Å²) in [6.07, 6.45) is 0.761. The number of carbonyl (C=O) groups is 1. The highest BCUT2D eigenvalue weighted by atomic mass is 16.2. The van der Waals surface area contributed by atoms with Gasteiger partial charge in [0.05, 0.1) is 5.69 Å². The monoisotopic (exact) mass is 326 g/mol. The molecule has 0 saturated carbocycles. The van der Waals surface area contributed by atoms with Gasteiger partial charge in [0.25, 0.3) is 11.5 Å². The molecule has 6 heteroatoms.